The monoisotopic (exact) mass is 320 g/mol. The van der Waals surface area contributed by atoms with Crippen molar-refractivity contribution in [1.29, 1.82) is 0 Å². The molecule has 128 valence electrons. The van der Waals surface area contributed by atoms with Crippen LogP contribution in [0.25, 0.3) is 0 Å². The average Bonchev–Trinajstić information content (AvgIpc) is 2.54. The number of piperidine rings is 1. The van der Waals surface area contributed by atoms with E-state index in [1.807, 2.05) is 31.2 Å². The molecular formula is C18H28N2O3. The first-order valence-corrected chi connectivity index (χ1v) is 8.50. The van der Waals surface area contributed by atoms with Crippen LogP contribution in [-0.2, 0) is 11.3 Å². The highest BCUT2D eigenvalue weighted by molar-refractivity contribution is 5.78. The highest BCUT2D eigenvalue weighted by Gasteiger charge is 2.27. The van der Waals surface area contributed by atoms with Gasteiger partial charge < -0.3 is 15.2 Å². The SMILES string of the molecule is CCOc1cccc(CNC(=O)CN2CCCCC2C(C)O)c1. The van der Waals surface area contributed by atoms with Crippen LogP contribution in [-0.4, -0.2) is 47.8 Å². The van der Waals surface area contributed by atoms with Crippen LogP contribution in [0.4, 0.5) is 0 Å². The minimum atomic E-state index is -0.397. The van der Waals surface area contributed by atoms with Crippen LogP contribution in [0.1, 0.15) is 38.7 Å². The smallest absolute Gasteiger partial charge is 0.234 e. The van der Waals surface area contributed by atoms with Gasteiger partial charge in [0.05, 0.1) is 19.3 Å². The molecule has 2 unspecified atom stereocenters. The fourth-order valence-electron chi connectivity index (χ4n) is 3.11. The highest BCUT2D eigenvalue weighted by Crippen LogP contribution is 2.19. The Labute approximate surface area is 138 Å². The van der Waals surface area contributed by atoms with E-state index in [0.717, 1.165) is 37.1 Å². The van der Waals surface area contributed by atoms with Gasteiger partial charge in [-0.2, -0.15) is 0 Å². The molecule has 2 N–H and O–H groups in total. The average molecular weight is 320 g/mol. The second kappa shape index (κ2) is 8.89. The van der Waals surface area contributed by atoms with Crippen molar-refractivity contribution in [3.63, 3.8) is 0 Å². The number of likely N-dealkylation sites (tertiary alicyclic amines) is 1. The fourth-order valence-corrected chi connectivity index (χ4v) is 3.11. The molecule has 1 heterocycles. The van der Waals surface area contributed by atoms with Crippen LogP contribution in [0.15, 0.2) is 24.3 Å². The van der Waals surface area contributed by atoms with E-state index in [4.69, 9.17) is 4.74 Å². The Balaban J connectivity index is 1.83. The Morgan fingerprint density at radius 1 is 1.48 bits per heavy atom. The minimum absolute atomic E-state index is 0.000590. The molecule has 1 aromatic carbocycles. The first kappa shape index (κ1) is 17.8. The van der Waals surface area contributed by atoms with E-state index in [9.17, 15) is 9.90 Å². The van der Waals surface area contributed by atoms with Gasteiger partial charge >= 0.3 is 0 Å². The number of rotatable bonds is 7. The summed E-state index contributed by atoms with van der Waals surface area (Å²) in [6, 6.07) is 7.86. The van der Waals surface area contributed by atoms with Crippen molar-refractivity contribution in [3.05, 3.63) is 29.8 Å². The van der Waals surface area contributed by atoms with Crippen LogP contribution in [0.2, 0.25) is 0 Å². The number of aliphatic hydroxyl groups is 1. The summed E-state index contributed by atoms with van der Waals surface area (Å²) in [6.45, 7) is 6.10. The number of benzene rings is 1. The zero-order chi connectivity index (χ0) is 16.7. The number of carbonyl (C=O) groups excluding carboxylic acids is 1. The van der Waals surface area contributed by atoms with Gasteiger partial charge in [0.1, 0.15) is 5.75 Å². The summed E-state index contributed by atoms with van der Waals surface area (Å²) >= 11 is 0. The molecule has 23 heavy (non-hydrogen) atoms. The Kier molecular flexibility index (Phi) is 6.86. The standard InChI is InChI=1S/C18H28N2O3/c1-3-23-16-8-6-7-15(11-16)12-19-18(22)13-20-10-5-4-9-17(20)14(2)21/h6-8,11,14,17,21H,3-5,9-10,12-13H2,1-2H3,(H,19,22). The highest BCUT2D eigenvalue weighted by atomic mass is 16.5. The van der Waals surface area contributed by atoms with Crippen LogP contribution < -0.4 is 10.1 Å². The third kappa shape index (κ3) is 5.52. The molecule has 1 aliphatic heterocycles. The third-order valence-electron chi connectivity index (χ3n) is 4.27. The van der Waals surface area contributed by atoms with E-state index in [-0.39, 0.29) is 11.9 Å². The second-order valence-electron chi connectivity index (χ2n) is 6.13. The predicted octanol–water partition coefficient (Wildman–Crippen LogP) is 1.94. The molecule has 5 heteroatoms. The van der Waals surface area contributed by atoms with Gasteiger partial charge in [-0.3, -0.25) is 9.69 Å². The molecule has 1 aromatic rings. The molecule has 0 bridgehead atoms. The van der Waals surface area contributed by atoms with Gasteiger partial charge in [-0.1, -0.05) is 18.6 Å². The van der Waals surface area contributed by atoms with Gasteiger partial charge in [0.2, 0.25) is 5.91 Å². The summed E-state index contributed by atoms with van der Waals surface area (Å²) in [4.78, 5) is 14.3. The summed E-state index contributed by atoms with van der Waals surface area (Å²) in [7, 11) is 0. The molecule has 0 aromatic heterocycles. The number of hydrogen-bond acceptors (Lipinski definition) is 4. The summed E-state index contributed by atoms with van der Waals surface area (Å²) < 4.78 is 5.47. The lowest BCUT2D eigenvalue weighted by Crippen LogP contribution is -2.49. The second-order valence-corrected chi connectivity index (χ2v) is 6.13. The molecule has 5 nitrogen and oxygen atoms in total. The van der Waals surface area contributed by atoms with Gasteiger partial charge in [-0.15, -0.1) is 0 Å². The van der Waals surface area contributed by atoms with Crippen LogP contribution in [0.5, 0.6) is 5.75 Å². The maximum absolute atomic E-state index is 12.2. The maximum Gasteiger partial charge on any atom is 0.234 e. The van der Waals surface area contributed by atoms with E-state index >= 15 is 0 Å². The lowest BCUT2D eigenvalue weighted by atomic mass is 9.98. The lowest BCUT2D eigenvalue weighted by molar-refractivity contribution is -0.124. The van der Waals surface area contributed by atoms with E-state index in [1.54, 1.807) is 6.92 Å². The molecule has 0 radical (unpaired) electrons. The number of aliphatic hydroxyl groups excluding tert-OH is 1. The third-order valence-corrected chi connectivity index (χ3v) is 4.27. The van der Waals surface area contributed by atoms with E-state index < -0.39 is 6.10 Å². The number of ether oxygens (including phenoxy) is 1. The van der Waals surface area contributed by atoms with Crippen LogP contribution in [0.3, 0.4) is 0 Å². The molecule has 0 aliphatic carbocycles. The molecule has 2 rings (SSSR count). The van der Waals surface area contributed by atoms with Crippen molar-refractivity contribution in [1.82, 2.24) is 10.2 Å². The van der Waals surface area contributed by atoms with E-state index in [0.29, 0.717) is 19.7 Å². The summed E-state index contributed by atoms with van der Waals surface area (Å²) in [5.41, 5.74) is 1.02. The number of nitrogens with one attached hydrogen (secondary N) is 1. The summed E-state index contributed by atoms with van der Waals surface area (Å²) in [5.74, 6) is 0.823. The summed E-state index contributed by atoms with van der Waals surface area (Å²) in [6.07, 6.45) is 2.78. The van der Waals surface area contributed by atoms with Crippen molar-refractivity contribution >= 4 is 5.91 Å². The largest absolute Gasteiger partial charge is 0.494 e. The lowest BCUT2D eigenvalue weighted by Gasteiger charge is -2.36. The molecule has 1 amide bonds. The fraction of sp³-hybridized carbons (Fsp3) is 0.611. The Bertz CT molecular complexity index is 505. The number of hydrogen-bond donors (Lipinski definition) is 2. The normalized spacial score (nSPS) is 20.0. The van der Waals surface area contributed by atoms with Crippen LogP contribution in [0, 0.1) is 0 Å². The summed E-state index contributed by atoms with van der Waals surface area (Å²) in [5, 5.41) is 12.8. The molecule has 0 saturated carbocycles. The topological polar surface area (TPSA) is 61.8 Å². The van der Waals surface area contributed by atoms with Gasteiger partial charge in [-0.05, 0) is 50.9 Å². The van der Waals surface area contributed by atoms with Crippen LogP contribution >= 0.6 is 0 Å². The van der Waals surface area contributed by atoms with Gasteiger partial charge in [-0.25, -0.2) is 0 Å². The first-order chi connectivity index (χ1) is 11.1. The van der Waals surface area contributed by atoms with E-state index in [1.165, 1.54) is 0 Å². The zero-order valence-electron chi connectivity index (χ0n) is 14.1. The van der Waals surface area contributed by atoms with Gasteiger partial charge in [0, 0.05) is 12.6 Å². The molecule has 1 fully saturated rings. The van der Waals surface area contributed by atoms with Crippen molar-refractivity contribution in [2.75, 3.05) is 19.7 Å². The Morgan fingerprint density at radius 2 is 2.30 bits per heavy atom. The molecule has 2 atom stereocenters. The molecule has 0 spiro atoms. The van der Waals surface area contributed by atoms with Crippen molar-refractivity contribution in [2.45, 2.75) is 51.8 Å². The van der Waals surface area contributed by atoms with E-state index in [2.05, 4.69) is 10.2 Å². The van der Waals surface area contributed by atoms with Crippen molar-refractivity contribution in [2.24, 2.45) is 0 Å². The number of nitrogens with zero attached hydrogens (tertiary/aromatic N) is 1. The number of amides is 1. The Hall–Kier alpha value is -1.59. The zero-order valence-corrected chi connectivity index (χ0v) is 14.1. The molecular weight excluding hydrogens is 292 g/mol. The van der Waals surface area contributed by atoms with Crippen molar-refractivity contribution in [3.8, 4) is 5.75 Å². The first-order valence-electron chi connectivity index (χ1n) is 8.50. The maximum atomic E-state index is 12.2. The Morgan fingerprint density at radius 3 is 3.04 bits per heavy atom. The molecule has 1 aliphatic rings. The van der Waals surface area contributed by atoms with Gasteiger partial charge in [0.25, 0.3) is 0 Å². The predicted molar refractivity (Wildman–Crippen MR) is 90.4 cm³/mol. The quantitative estimate of drug-likeness (QED) is 0.806. The van der Waals surface area contributed by atoms with Gasteiger partial charge in [0.15, 0.2) is 0 Å². The minimum Gasteiger partial charge on any atom is -0.494 e. The van der Waals surface area contributed by atoms with Crippen molar-refractivity contribution < 1.29 is 14.6 Å². The number of carbonyl (C=O) groups is 1. The molecule has 1 saturated heterocycles.